The number of aryl methyl sites for hydroxylation is 1. The number of halogens is 2. The molecule has 16 nitrogen and oxygen atoms in total. The Balaban J connectivity index is 0.843. The number of nitrogens with zero attached hydrogens (tertiary/aromatic N) is 3. The summed E-state index contributed by atoms with van der Waals surface area (Å²) < 4.78 is 27.2. The third-order valence-corrected chi connectivity index (χ3v) is 13.3. The van der Waals surface area contributed by atoms with Crippen LogP contribution in [0, 0.1) is 24.0 Å². The van der Waals surface area contributed by atoms with Gasteiger partial charge < -0.3 is 46.3 Å². The average Bonchev–Trinajstić information content (AvgIpc) is 4.09. The molecule has 19 heteroatoms. The Bertz CT molecular complexity index is 2680. The number of hydrogen-bond donors (Lipinski definition) is 7. The standard InChI is InChI=1S/C49H56F2N8O8S/c1-28-41(68-27-55-28)31-11-9-29(10-12-31)24-53-44(63)39-23-36(60)26-59(39)45(64)42(48(2,3)4)57-40(61)8-6-5-7-16-52-43(62)38-21-32-20-35(13-14-37(32)56-38)58-17-15-49(67,47(58)66)46(65)54-25-30-18-33(50)22-34(51)19-30/h9-14,18-22,27,36,39,42,56,60,67H,5-8,15-17,23-26H2,1-4H3,(H,52,62)(H,53,63)(H,54,65)(H,57,61)/t36-,39+,42-,49?/m1/s1. The maximum atomic E-state index is 14.0. The molecule has 68 heavy (non-hydrogen) atoms. The molecular weight excluding hydrogens is 899 g/mol. The number of unbranched alkanes of at least 4 members (excludes halogenated alkanes) is 2. The Morgan fingerprint density at radius 1 is 0.926 bits per heavy atom. The van der Waals surface area contributed by atoms with Crippen molar-refractivity contribution in [1.29, 1.82) is 0 Å². The van der Waals surface area contributed by atoms with Crippen LogP contribution in [0.4, 0.5) is 14.5 Å². The van der Waals surface area contributed by atoms with Gasteiger partial charge in [-0.2, -0.15) is 0 Å². The number of anilines is 1. The minimum absolute atomic E-state index is 0.0223. The molecule has 0 saturated carbocycles. The summed E-state index contributed by atoms with van der Waals surface area (Å²) in [5.41, 5.74) is 2.95. The summed E-state index contributed by atoms with van der Waals surface area (Å²) in [5, 5.41) is 33.3. The zero-order valence-corrected chi connectivity index (χ0v) is 39.1. The number of H-pyrrole nitrogens is 1. The van der Waals surface area contributed by atoms with Crippen molar-refractivity contribution in [2.24, 2.45) is 5.41 Å². The lowest BCUT2D eigenvalue weighted by molar-refractivity contribution is -0.149. The number of likely N-dealkylation sites (tertiary alicyclic amines) is 1. The zero-order valence-electron chi connectivity index (χ0n) is 38.3. The summed E-state index contributed by atoms with van der Waals surface area (Å²) in [4.78, 5) is 91.0. The number of amides is 6. The van der Waals surface area contributed by atoms with E-state index >= 15 is 0 Å². The predicted molar refractivity (Wildman–Crippen MR) is 251 cm³/mol. The van der Waals surface area contributed by atoms with Crippen LogP contribution in [0.25, 0.3) is 21.3 Å². The molecular formula is C49H56F2N8O8S. The molecule has 0 aliphatic carbocycles. The van der Waals surface area contributed by atoms with Crippen molar-refractivity contribution in [1.82, 2.24) is 36.1 Å². The third-order valence-electron chi connectivity index (χ3n) is 12.3. The van der Waals surface area contributed by atoms with Crippen LogP contribution in [0.15, 0.2) is 72.2 Å². The number of nitrogens with one attached hydrogen (secondary N) is 5. The van der Waals surface area contributed by atoms with E-state index in [0.29, 0.717) is 48.5 Å². The number of fused-ring (bicyclic) bond motifs is 1. The van der Waals surface area contributed by atoms with Crippen LogP contribution in [0.3, 0.4) is 0 Å². The minimum Gasteiger partial charge on any atom is -0.391 e. The number of carbonyl (C=O) groups is 6. The van der Waals surface area contributed by atoms with Gasteiger partial charge in [0.1, 0.15) is 29.4 Å². The van der Waals surface area contributed by atoms with Crippen LogP contribution in [0.5, 0.6) is 0 Å². The van der Waals surface area contributed by atoms with Gasteiger partial charge in [-0.1, -0.05) is 51.5 Å². The van der Waals surface area contributed by atoms with Crippen LogP contribution < -0.4 is 26.2 Å². The number of thiazole rings is 1. The van der Waals surface area contributed by atoms with E-state index in [9.17, 15) is 47.8 Å². The van der Waals surface area contributed by atoms with Gasteiger partial charge in [0.15, 0.2) is 0 Å². The Labute approximate surface area is 395 Å². The second kappa shape index (κ2) is 20.7. The number of rotatable bonds is 17. The van der Waals surface area contributed by atoms with Gasteiger partial charge in [0.25, 0.3) is 17.7 Å². The molecule has 2 fully saturated rings. The molecule has 7 N–H and O–H groups in total. The van der Waals surface area contributed by atoms with Gasteiger partial charge in [0.2, 0.25) is 23.3 Å². The molecule has 0 bridgehead atoms. The van der Waals surface area contributed by atoms with Crippen molar-refractivity contribution in [2.75, 3.05) is 24.5 Å². The number of aliphatic hydroxyl groups excluding tert-OH is 1. The molecule has 2 aliphatic rings. The smallest absolute Gasteiger partial charge is 0.268 e. The fourth-order valence-electron chi connectivity index (χ4n) is 8.51. The van der Waals surface area contributed by atoms with E-state index < -0.39 is 58.6 Å². The Morgan fingerprint density at radius 2 is 1.65 bits per heavy atom. The van der Waals surface area contributed by atoms with Crippen molar-refractivity contribution in [3.63, 3.8) is 0 Å². The molecule has 7 rings (SSSR count). The van der Waals surface area contributed by atoms with Gasteiger partial charge in [-0.15, -0.1) is 11.3 Å². The van der Waals surface area contributed by atoms with Crippen molar-refractivity contribution < 1.29 is 47.8 Å². The van der Waals surface area contributed by atoms with Crippen LogP contribution in [0.1, 0.15) is 86.6 Å². The van der Waals surface area contributed by atoms with Crippen molar-refractivity contribution in [3.05, 3.63) is 106 Å². The topological polar surface area (TPSA) is 226 Å². The Hall–Kier alpha value is -6.57. The fourth-order valence-corrected chi connectivity index (χ4v) is 9.32. The van der Waals surface area contributed by atoms with Gasteiger partial charge >= 0.3 is 0 Å². The highest BCUT2D eigenvalue weighted by Crippen LogP contribution is 2.32. The van der Waals surface area contributed by atoms with Crippen LogP contribution in [-0.2, 0) is 37.1 Å². The molecule has 1 unspecified atom stereocenters. The van der Waals surface area contributed by atoms with Crippen molar-refractivity contribution in [3.8, 4) is 10.4 Å². The number of aromatic amines is 1. The van der Waals surface area contributed by atoms with Crippen molar-refractivity contribution >= 4 is 63.4 Å². The number of aromatic nitrogens is 2. The average molecular weight is 955 g/mol. The number of benzene rings is 3. The van der Waals surface area contributed by atoms with Crippen LogP contribution in [0.2, 0.25) is 0 Å². The maximum absolute atomic E-state index is 14.0. The molecule has 0 spiro atoms. The van der Waals surface area contributed by atoms with Gasteiger partial charge in [-0.25, -0.2) is 13.8 Å². The highest BCUT2D eigenvalue weighted by molar-refractivity contribution is 7.13. The van der Waals surface area contributed by atoms with E-state index in [1.807, 2.05) is 52.0 Å². The maximum Gasteiger partial charge on any atom is 0.268 e. The van der Waals surface area contributed by atoms with E-state index in [2.05, 4.69) is 31.2 Å². The summed E-state index contributed by atoms with van der Waals surface area (Å²) in [6.07, 6.45) is 0.752. The normalized spacial score (nSPS) is 18.7. The van der Waals surface area contributed by atoms with Gasteiger partial charge in [-0.3, -0.25) is 28.8 Å². The third kappa shape index (κ3) is 11.4. The summed E-state index contributed by atoms with van der Waals surface area (Å²) >= 11 is 1.56. The molecule has 2 saturated heterocycles. The molecule has 6 amide bonds. The summed E-state index contributed by atoms with van der Waals surface area (Å²) in [6.45, 7) is 7.68. The van der Waals surface area contributed by atoms with E-state index in [4.69, 9.17) is 0 Å². The SMILES string of the molecule is Cc1ncsc1-c1ccc(CNC(=O)[C@@H]2C[C@@H](O)CN2C(=O)[C@@H](NC(=O)CCCCCNC(=O)c2cc3cc(N4CCC(O)(C(=O)NCc5cc(F)cc(F)c5)C4=O)ccc3[nH]2)C(C)(C)C)cc1. The first kappa shape index (κ1) is 49.3. The van der Waals surface area contributed by atoms with E-state index in [0.717, 1.165) is 33.8 Å². The van der Waals surface area contributed by atoms with Crippen molar-refractivity contribution in [2.45, 2.75) is 103 Å². The highest BCUT2D eigenvalue weighted by Gasteiger charge is 2.52. The summed E-state index contributed by atoms with van der Waals surface area (Å²) in [7, 11) is 0. The highest BCUT2D eigenvalue weighted by atomic mass is 32.1. The summed E-state index contributed by atoms with van der Waals surface area (Å²) in [6, 6.07) is 15.3. The molecule has 2 aromatic heterocycles. The van der Waals surface area contributed by atoms with Crippen LogP contribution >= 0.6 is 11.3 Å². The second-order valence-corrected chi connectivity index (χ2v) is 19.3. The lowest BCUT2D eigenvalue weighted by atomic mass is 9.85. The molecule has 0 radical (unpaired) electrons. The molecule has 3 aromatic carbocycles. The molecule has 5 aromatic rings. The molecule has 4 atom stereocenters. The predicted octanol–water partition coefficient (Wildman–Crippen LogP) is 4.76. The molecule has 2 aliphatic heterocycles. The lowest BCUT2D eigenvalue weighted by Crippen LogP contribution is -2.57. The van der Waals surface area contributed by atoms with E-state index in [-0.39, 0.29) is 74.4 Å². The minimum atomic E-state index is -2.39. The number of hydrogen-bond acceptors (Lipinski definition) is 10. The number of aliphatic hydroxyl groups is 2. The lowest BCUT2D eigenvalue weighted by Gasteiger charge is -2.35. The zero-order chi connectivity index (χ0) is 48.9. The van der Waals surface area contributed by atoms with Gasteiger partial charge in [0, 0.05) is 74.6 Å². The van der Waals surface area contributed by atoms with E-state index in [1.54, 1.807) is 41.1 Å². The number of β-amino-alcohol motifs (C(OH)–C–C–N with tert-alkyl or cyclic N) is 1. The van der Waals surface area contributed by atoms with Crippen LogP contribution in [-0.4, -0.2) is 104 Å². The number of carbonyl (C=O) groups excluding carboxylic acids is 6. The first-order valence-corrected chi connectivity index (χ1v) is 23.4. The van der Waals surface area contributed by atoms with E-state index in [1.165, 1.54) is 9.80 Å². The largest absolute Gasteiger partial charge is 0.391 e. The molecule has 4 heterocycles. The quantitative estimate of drug-likeness (QED) is 0.0503. The monoisotopic (exact) mass is 954 g/mol. The summed E-state index contributed by atoms with van der Waals surface area (Å²) in [5.74, 6) is -5.04. The Morgan fingerprint density at radius 3 is 2.34 bits per heavy atom. The molecule has 360 valence electrons. The second-order valence-electron chi connectivity index (χ2n) is 18.5. The Kier molecular flexibility index (Phi) is 15.1. The van der Waals surface area contributed by atoms with Gasteiger partial charge in [0.05, 0.1) is 22.2 Å². The van der Waals surface area contributed by atoms with Gasteiger partial charge in [-0.05, 0) is 78.3 Å². The first-order valence-electron chi connectivity index (χ1n) is 22.5. The first-order chi connectivity index (χ1) is 32.3. The fraction of sp³-hybridized carbons (Fsp3) is 0.408.